The summed E-state index contributed by atoms with van der Waals surface area (Å²) in [6, 6.07) is 7.58. The SMILES string of the molecule is O=C(O)C(=O)C=C(O)c1cc(Cc2ccc(F)cc2)c[nH]1. The highest BCUT2D eigenvalue weighted by molar-refractivity contribution is 6.38. The predicted octanol–water partition coefficient (Wildman–Crippen LogP) is 2.30. The topological polar surface area (TPSA) is 90.4 Å². The maximum Gasteiger partial charge on any atom is 0.376 e. The first-order chi connectivity index (χ1) is 9.95. The third kappa shape index (κ3) is 3.79. The highest BCUT2D eigenvalue weighted by Gasteiger charge is 2.11. The molecule has 0 saturated heterocycles. The fourth-order valence-electron chi connectivity index (χ4n) is 1.79. The van der Waals surface area contributed by atoms with Crippen molar-refractivity contribution < 1.29 is 24.2 Å². The summed E-state index contributed by atoms with van der Waals surface area (Å²) in [6.45, 7) is 0. The summed E-state index contributed by atoms with van der Waals surface area (Å²) < 4.78 is 12.8. The van der Waals surface area contributed by atoms with Gasteiger partial charge in [0.1, 0.15) is 11.6 Å². The summed E-state index contributed by atoms with van der Waals surface area (Å²) in [4.78, 5) is 24.1. The van der Waals surface area contributed by atoms with E-state index in [1.165, 1.54) is 12.1 Å². The molecule has 1 aromatic heterocycles. The molecule has 0 atom stereocenters. The van der Waals surface area contributed by atoms with Gasteiger partial charge in [0.2, 0.25) is 0 Å². The molecule has 6 heteroatoms. The number of carbonyl (C=O) groups is 2. The van der Waals surface area contributed by atoms with Crippen LogP contribution in [0.5, 0.6) is 0 Å². The van der Waals surface area contributed by atoms with Crippen molar-refractivity contribution in [3.8, 4) is 0 Å². The highest BCUT2D eigenvalue weighted by atomic mass is 19.1. The quantitative estimate of drug-likeness (QED) is 0.447. The summed E-state index contributed by atoms with van der Waals surface area (Å²) in [5.41, 5.74) is 1.92. The van der Waals surface area contributed by atoms with Gasteiger partial charge in [0.15, 0.2) is 0 Å². The van der Waals surface area contributed by atoms with Gasteiger partial charge in [-0.2, -0.15) is 0 Å². The highest BCUT2D eigenvalue weighted by Crippen LogP contribution is 2.15. The van der Waals surface area contributed by atoms with Gasteiger partial charge in [-0.3, -0.25) is 4.79 Å². The van der Waals surface area contributed by atoms with E-state index in [2.05, 4.69) is 4.98 Å². The molecule has 0 aliphatic heterocycles. The fourth-order valence-corrected chi connectivity index (χ4v) is 1.79. The van der Waals surface area contributed by atoms with Crippen LogP contribution in [0.2, 0.25) is 0 Å². The van der Waals surface area contributed by atoms with E-state index < -0.39 is 17.5 Å². The van der Waals surface area contributed by atoms with Crippen LogP contribution < -0.4 is 0 Å². The molecule has 0 amide bonds. The average Bonchev–Trinajstić information content (AvgIpc) is 2.90. The second-order valence-electron chi connectivity index (χ2n) is 4.42. The minimum Gasteiger partial charge on any atom is -0.506 e. The standard InChI is InChI=1S/C15H12FNO4/c16-11-3-1-9(2-4-11)5-10-6-12(17-8-10)13(18)7-14(19)15(20)21/h1-4,6-8,17-18H,5H2,(H,20,21). The molecule has 0 aliphatic carbocycles. The second kappa shape index (κ2) is 6.04. The van der Waals surface area contributed by atoms with Crippen molar-refractivity contribution in [2.24, 2.45) is 0 Å². The minimum absolute atomic E-state index is 0.238. The summed E-state index contributed by atoms with van der Waals surface area (Å²) >= 11 is 0. The second-order valence-corrected chi connectivity index (χ2v) is 4.42. The summed E-state index contributed by atoms with van der Waals surface area (Å²) in [7, 11) is 0. The monoisotopic (exact) mass is 289 g/mol. The van der Waals surface area contributed by atoms with Crippen LogP contribution in [0.25, 0.3) is 5.76 Å². The zero-order valence-corrected chi connectivity index (χ0v) is 10.8. The number of rotatable bonds is 5. The lowest BCUT2D eigenvalue weighted by atomic mass is 10.1. The molecule has 0 aliphatic rings. The number of aliphatic hydroxyl groups is 1. The minimum atomic E-state index is -1.64. The number of H-pyrrole nitrogens is 1. The van der Waals surface area contributed by atoms with Gasteiger partial charge in [-0.1, -0.05) is 12.1 Å². The Kier molecular flexibility index (Phi) is 4.18. The number of hydrogen-bond donors (Lipinski definition) is 3. The number of aromatic nitrogens is 1. The van der Waals surface area contributed by atoms with Crippen LogP contribution in [0.1, 0.15) is 16.8 Å². The maximum absolute atomic E-state index is 12.8. The Bertz CT molecular complexity index is 701. The van der Waals surface area contributed by atoms with E-state index in [1.54, 1.807) is 24.4 Å². The molecular formula is C15H12FNO4. The molecule has 0 bridgehead atoms. The first-order valence-corrected chi connectivity index (χ1v) is 6.05. The van der Waals surface area contributed by atoms with Crippen LogP contribution in [0, 0.1) is 5.82 Å². The largest absolute Gasteiger partial charge is 0.506 e. The van der Waals surface area contributed by atoms with Gasteiger partial charge in [0.25, 0.3) is 5.78 Å². The number of nitrogens with one attached hydrogen (secondary N) is 1. The van der Waals surface area contributed by atoms with Crippen molar-refractivity contribution in [3.63, 3.8) is 0 Å². The number of carbonyl (C=O) groups excluding carboxylic acids is 1. The Morgan fingerprint density at radius 1 is 1.14 bits per heavy atom. The third-order valence-corrected chi connectivity index (χ3v) is 2.82. The Morgan fingerprint density at radius 3 is 2.43 bits per heavy atom. The zero-order chi connectivity index (χ0) is 15.4. The van der Waals surface area contributed by atoms with Gasteiger partial charge in [-0.15, -0.1) is 0 Å². The van der Waals surface area contributed by atoms with Gasteiger partial charge in [0.05, 0.1) is 5.69 Å². The molecule has 3 N–H and O–H groups in total. The number of aliphatic hydroxyl groups excluding tert-OH is 1. The Hall–Kier alpha value is -2.89. The number of aliphatic carboxylic acids is 1. The van der Waals surface area contributed by atoms with Gasteiger partial charge < -0.3 is 15.2 Å². The average molecular weight is 289 g/mol. The number of hydrogen-bond acceptors (Lipinski definition) is 3. The number of aromatic amines is 1. The number of carboxylic acid groups (broad SMARTS) is 1. The van der Waals surface area contributed by atoms with Gasteiger partial charge in [-0.25, -0.2) is 9.18 Å². The molecule has 0 unspecified atom stereocenters. The number of ketones is 1. The Balaban J connectivity index is 2.12. The third-order valence-electron chi connectivity index (χ3n) is 2.82. The van der Waals surface area contributed by atoms with Crippen molar-refractivity contribution >= 4 is 17.5 Å². The molecule has 108 valence electrons. The van der Waals surface area contributed by atoms with Crippen molar-refractivity contribution in [3.05, 3.63) is 65.2 Å². The van der Waals surface area contributed by atoms with Crippen molar-refractivity contribution in [2.75, 3.05) is 0 Å². The molecule has 0 spiro atoms. The predicted molar refractivity (Wildman–Crippen MR) is 73.2 cm³/mol. The lowest BCUT2D eigenvalue weighted by Crippen LogP contribution is -2.09. The molecule has 2 aromatic rings. The van der Waals surface area contributed by atoms with Crippen molar-refractivity contribution in [1.29, 1.82) is 0 Å². The fraction of sp³-hybridized carbons (Fsp3) is 0.0667. The molecule has 5 nitrogen and oxygen atoms in total. The molecule has 1 aromatic carbocycles. The molecule has 1 heterocycles. The van der Waals surface area contributed by atoms with Gasteiger partial charge >= 0.3 is 5.97 Å². The van der Waals surface area contributed by atoms with E-state index in [9.17, 15) is 19.1 Å². The van der Waals surface area contributed by atoms with E-state index >= 15 is 0 Å². The van der Waals surface area contributed by atoms with E-state index in [1.807, 2.05) is 0 Å². The van der Waals surface area contributed by atoms with Crippen molar-refractivity contribution in [2.45, 2.75) is 6.42 Å². The van der Waals surface area contributed by atoms with Crippen LogP contribution >= 0.6 is 0 Å². The Morgan fingerprint density at radius 2 is 1.81 bits per heavy atom. The lowest BCUT2D eigenvalue weighted by molar-refractivity contribution is -0.146. The lowest BCUT2D eigenvalue weighted by Gasteiger charge is -1.98. The van der Waals surface area contributed by atoms with Crippen LogP contribution in [0.15, 0.2) is 42.6 Å². The van der Waals surface area contributed by atoms with Crippen LogP contribution in [0.3, 0.4) is 0 Å². The van der Waals surface area contributed by atoms with Gasteiger partial charge in [-0.05, 0) is 35.7 Å². The van der Waals surface area contributed by atoms with E-state index in [-0.39, 0.29) is 11.5 Å². The number of benzene rings is 1. The molecule has 0 saturated carbocycles. The van der Waals surface area contributed by atoms with Crippen LogP contribution in [-0.2, 0) is 16.0 Å². The summed E-state index contributed by atoms with van der Waals surface area (Å²) in [5.74, 6) is -3.61. The number of carboxylic acids is 1. The number of halogens is 1. The normalized spacial score (nSPS) is 11.4. The molecule has 0 fully saturated rings. The molecule has 21 heavy (non-hydrogen) atoms. The van der Waals surface area contributed by atoms with E-state index in [0.717, 1.165) is 11.1 Å². The summed E-state index contributed by atoms with van der Waals surface area (Å²) in [6.07, 6.45) is 2.76. The van der Waals surface area contributed by atoms with E-state index in [4.69, 9.17) is 5.11 Å². The molecule has 2 rings (SSSR count). The van der Waals surface area contributed by atoms with Crippen LogP contribution in [0.4, 0.5) is 4.39 Å². The van der Waals surface area contributed by atoms with Crippen molar-refractivity contribution in [1.82, 2.24) is 4.98 Å². The van der Waals surface area contributed by atoms with E-state index in [0.29, 0.717) is 12.5 Å². The Labute approximate surface area is 119 Å². The molecular weight excluding hydrogens is 277 g/mol. The maximum atomic E-state index is 12.8. The first kappa shape index (κ1) is 14.5. The van der Waals surface area contributed by atoms with Gasteiger partial charge in [0, 0.05) is 12.3 Å². The molecule has 0 radical (unpaired) electrons. The zero-order valence-electron chi connectivity index (χ0n) is 10.8. The first-order valence-electron chi connectivity index (χ1n) is 6.05. The summed E-state index contributed by atoms with van der Waals surface area (Å²) in [5, 5.41) is 18.1. The van der Waals surface area contributed by atoms with Crippen LogP contribution in [-0.4, -0.2) is 26.9 Å². The smallest absolute Gasteiger partial charge is 0.376 e.